The molecule has 0 aromatic rings. The van der Waals surface area contributed by atoms with Crippen LogP contribution in [0.2, 0.25) is 0 Å². The van der Waals surface area contributed by atoms with Gasteiger partial charge in [-0.15, -0.1) is 0 Å². The quantitative estimate of drug-likeness (QED) is 0.698. The molecular formula is C15H30N2. The minimum Gasteiger partial charge on any atom is -0.312 e. The number of hydrogen-bond acceptors (Lipinski definition) is 2. The number of rotatable bonds is 0. The first-order valence-corrected chi connectivity index (χ1v) is 7.21. The van der Waals surface area contributed by atoms with E-state index >= 15 is 0 Å². The molecule has 1 N–H and O–H groups in total. The molecule has 17 heavy (non-hydrogen) atoms. The van der Waals surface area contributed by atoms with E-state index < -0.39 is 0 Å². The summed E-state index contributed by atoms with van der Waals surface area (Å²) in [4.78, 5) is 2.75. The Morgan fingerprint density at radius 2 is 1.71 bits per heavy atom. The zero-order valence-electron chi connectivity index (χ0n) is 12.5. The van der Waals surface area contributed by atoms with Gasteiger partial charge in [0, 0.05) is 24.2 Å². The van der Waals surface area contributed by atoms with Crippen LogP contribution >= 0.6 is 0 Å². The number of likely N-dealkylation sites (tertiary alicyclic amines) is 1. The smallest absolute Gasteiger partial charge is 0.0238 e. The molecule has 2 heterocycles. The maximum Gasteiger partial charge on any atom is 0.0238 e. The first kappa shape index (κ1) is 13.4. The van der Waals surface area contributed by atoms with Crippen molar-refractivity contribution in [2.45, 2.75) is 72.0 Å². The van der Waals surface area contributed by atoms with Crippen LogP contribution in [0.3, 0.4) is 0 Å². The fourth-order valence-corrected chi connectivity index (χ4v) is 3.91. The van der Waals surface area contributed by atoms with Crippen LogP contribution in [0.25, 0.3) is 0 Å². The predicted octanol–water partition coefficient (Wildman–Crippen LogP) is 2.88. The summed E-state index contributed by atoms with van der Waals surface area (Å²) in [6, 6.07) is 1.45. The van der Waals surface area contributed by atoms with Gasteiger partial charge in [-0.1, -0.05) is 20.8 Å². The van der Waals surface area contributed by atoms with Crippen molar-refractivity contribution in [2.24, 2.45) is 11.3 Å². The SMILES string of the molecule is CC(C)(C)C1C2CCCNC2CN1C(C)(C)C. The van der Waals surface area contributed by atoms with Crippen molar-refractivity contribution in [3.63, 3.8) is 0 Å². The van der Waals surface area contributed by atoms with Crippen molar-refractivity contribution >= 4 is 0 Å². The van der Waals surface area contributed by atoms with Gasteiger partial charge in [-0.2, -0.15) is 0 Å². The van der Waals surface area contributed by atoms with Crippen LogP contribution in [0.4, 0.5) is 0 Å². The highest BCUT2D eigenvalue weighted by atomic mass is 15.3. The molecule has 0 spiro atoms. The van der Waals surface area contributed by atoms with E-state index in [1.807, 2.05) is 0 Å². The highest BCUT2D eigenvalue weighted by Crippen LogP contribution is 2.43. The van der Waals surface area contributed by atoms with Gasteiger partial charge < -0.3 is 5.32 Å². The zero-order chi connectivity index (χ0) is 12.8. The molecule has 2 fully saturated rings. The standard InChI is InChI=1S/C15H30N2/c1-14(2,3)13-11-8-7-9-16-12(11)10-17(13)15(4,5)6/h11-13,16H,7-10H2,1-6H3. The fraction of sp³-hybridized carbons (Fsp3) is 1.00. The van der Waals surface area contributed by atoms with Crippen molar-refractivity contribution in [1.82, 2.24) is 10.2 Å². The van der Waals surface area contributed by atoms with Gasteiger partial charge in [0.15, 0.2) is 0 Å². The first-order chi connectivity index (χ1) is 7.71. The lowest BCUT2D eigenvalue weighted by molar-refractivity contribution is 0.0366. The third-order valence-electron chi connectivity index (χ3n) is 4.52. The average Bonchev–Trinajstić information content (AvgIpc) is 2.54. The Bertz CT molecular complexity index is 272. The number of hydrogen-bond donors (Lipinski definition) is 1. The molecule has 2 heteroatoms. The lowest BCUT2D eigenvalue weighted by Crippen LogP contribution is -2.51. The molecule has 3 atom stereocenters. The summed E-state index contributed by atoms with van der Waals surface area (Å²) in [7, 11) is 0. The first-order valence-electron chi connectivity index (χ1n) is 7.21. The number of piperidine rings is 1. The van der Waals surface area contributed by atoms with Crippen LogP contribution in [-0.4, -0.2) is 35.6 Å². The van der Waals surface area contributed by atoms with E-state index in [0.29, 0.717) is 5.41 Å². The van der Waals surface area contributed by atoms with Gasteiger partial charge in [0.2, 0.25) is 0 Å². The van der Waals surface area contributed by atoms with Crippen LogP contribution in [0.1, 0.15) is 54.4 Å². The summed E-state index contributed by atoms with van der Waals surface area (Å²) in [6.45, 7) is 16.8. The third kappa shape index (κ3) is 2.53. The molecule has 0 aromatic heterocycles. The Kier molecular flexibility index (Phi) is 3.33. The minimum absolute atomic E-state index is 0.289. The van der Waals surface area contributed by atoms with Gasteiger partial charge in [0.1, 0.15) is 0 Å². The van der Waals surface area contributed by atoms with Crippen molar-refractivity contribution in [1.29, 1.82) is 0 Å². The summed E-state index contributed by atoms with van der Waals surface area (Å²) in [5.74, 6) is 0.850. The minimum atomic E-state index is 0.289. The third-order valence-corrected chi connectivity index (χ3v) is 4.52. The molecule has 2 nitrogen and oxygen atoms in total. The van der Waals surface area contributed by atoms with Gasteiger partial charge in [0.25, 0.3) is 0 Å². The molecule has 0 amide bonds. The lowest BCUT2D eigenvalue weighted by atomic mass is 9.75. The molecule has 3 unspecified atom stereocenters. The summed E-state index contributed by atoms with van der Waals surface area (Å²) in [5.41, 5.74) is 0.669. The molecule has 0 radical (unpaired) electrons. The molecule has 0 bridgehead atoms. The summed E-state index contributed by atoms with van der Waals surface area (Å²) >= 11 is 0. The second-order valence-corrected chi connectivity index (χ2v) is 8.00. The second kappa shape index (κ2) is 4.24. The van der Waals surface area contributed by atoms with E-state index in [1.165, 1.54) is 25.9 Å². The van der Waals surface area contributed by atoms with Crippen LogP contribution < -0.4 is 5.32 Å². The number of fused-ring (bicyclic) bond motifs is 1. The Hall–Kier alpha value is -0.0800. The number of nitrogens with one attached hydrogen (secondary N) is 1. The molecule has 2 aliphatic heterocycles. The fourth-order valence-electron chi connectivity index (χ4n) is 3.91. The van der Waals surface area contributed by atoms with Crippen molar-refractivity contribution in [3.8, 4) is 0 Å². The maximum atomic E-state index is 3.74. The van der Waals surface area contributed by atoms with Crippen LogP contribution in [0.15, 0.2) is 0 Å². The summed E-state index contributed by atoms with van der Waals surface area (Å²) in [6.07, 6.45) is 2.76. The Labute approximate surface area is 107 Å². The van der Waals surface area contributed by atoms with Crippen LogP contribution in [0, 0.1) is 11.3 Å². The number of nitrogens with zero attached hydrogens (tertiary/aromatic N) is 1. The molecule has 0 aromatic carbocycles. The van der Waals surface area contributed by atoms with E-state index in [-0.39, 0.29) is 5.54 Å². The average molecular weight is 238 g/mol. The molecule has 2 rings (SSSR count). The molecular weight excluding hydrogens is 208 g/mol. The summed E-state index contributed by atoms with van der Waals surface area (Å²) < 4.78 is 0. The van der Waals surface area contributed by atoms with E-state index in [2.05, 4.69) is 51.8 Å². The predicted molar refractivity (Wildman–Crippen MR) is 74.2 cm³/mol. The van der Waals surface area contributed by atoms with Gasteiger partial charge in [-0.25, -0.2) is 0 Å². The topological polar surface area (TPSA) is 15.3 Å². The zero-order valence-corrected chi connectivity index (χ0v) is 12.5. The van der Waals surface area contributed by atoms with Crippen molar-refractivity contribution in [3.05, 3.63) is 0 Å². The molecule has 0 aliphatic carbocycles. The lowest BCUT2D eigenvalue weighted by Gasteiger charge is -2.45. The monoisotopic (exact) mass is 238 g/mol. The Morgan fingerprint density at radius 1 is 1.06 bits per heavy atom. The van der Waals surface area contributed by atoms with Crippen molar-refractivity contribution < 1.29 is 0 Å². The highest BCUT2D eigenvalue weighted by Gasteiger charge is 2.50. The molecule has 2 aliphatic rings. The van der Waals surface area contributed by atoms with E-state index in [0.717, 1.165) is 18.0 Å². The van der Waals surface area contributed by atoms with Gasteiger partial charge in [-0.05, 0) is 51.5 Å². The van der Waals surface area contributed by atoms with Crippen molar-refractivity contribution in [2.75, 3.05) is 13.1 Å². The van der Waals surface area contributed by atoms with E-state index in [1.54, 1.807) is 0 Å². The van der Waals surface area contributed by atoms with Crippen LogP contribution in [0.5, 0.6) is 0 Å². The normalized spacial score (nSPS) is 36.0. The van der Waals surface area contributed by atoms with Gasteiger partial charge in [-0.3, -0.25) is 4.90 Å². The summed E-state index contributed by atoms with van der Waals surface area (Å²) in [5, 5.41) is 3.74. The van der Waals surface area contributed by atoms with Crippen LogP contribution in [-0.2, 0) is 0 Å². The van der Waals surface area contributed by atoms with Gasteiger partial charge >= 0.3 is 0 Å². The Morgan fingerprint density at radius 3 is 2.24 bits per heavy atom. The largest absolute Gasteiger partial charge is 0.312 e. The Balaban J connectivity index is 2.27. The van der Waals surface area contributed by atoms with Gasteiger partial charge in [0.05, 0.1) is 0 Å². The van der Waals surface area contributed by atoms with E-state index in [9.17, 15) is 0 Å². The maximum absolute atomic E-state index is 3.74. The molecule has 2 saturated heterocycles. The highest BCUT2D eigenvalue weighted by molar-refractivity contribution is 5.06. The molecule has 100 valence electrons. The molecule has 0 saturated carbocycles. The van der Waals surface area contributed by atoms with E-state index in [4.69, 9.17) is 0 Å². The second-order valence-electron chi connectivity index (χ2n) is 8.00.